The summed E-state index contributed by atoms with van der Waals surface area (Å²) in [7, 11) is 3.43. The maximum absolute atomic E-state index is 12.5. The van der Waals surface area contributed by atoms with Crippen LogP contribution in [0.1, 0.15) is 30.4 Å². The molecule has 2 unspecified atom stereocenters. The molecule has 2 aromatic carbocycles. The Kier molecular flexibility index (Phi) is 7.48. The number of nitrogens with one attached hydrogen (secondary N) is 2. The molecule has 0 aromatic heterocycles. The maximum atomic E-state index is 12.5. The van der Waals surface area contributed by atoms with Crippen molar-refractivity contribution < 1.29 is 24.2 Å². The van der Waals surface area contributed by atoms with Gasteiger partial charge in [0.25, 0.3) is 0 Å². The van der Waals surface area contributed by atoms with Crippen molar-refractivity contribution in [2.45, 2.75) is 31.3 Å². The second-order valence-corrected chi connectivity index (χ2v) is 8.09. The van der Waals surface area contributed by atoms with Gasteiger partial charge >= 0.3 is 12.1 Å². The Balaban J connectivity index is 1.61. The molecule has 1 aliphatic carbocycles. The fraction of sp³-hybridized carbons (Fsp3) is 0.375. The van der Waals surface area contributed by atoms with Crippen molar-refractivity contribution >= 4 is 18.0 Å². The van der Waals surface area contributed by atoms with Gasteiger partial charge in [-0.05, 0) is 42.8 Å². The number of alkyl carbamates (subject to hydrolysis) is 1. The lowest BCUT2D eigenvalue weighted by Crippen LogP contribution is -2.54. The molecule has 0 saturated carbocycles. The quantitative estimate of drug-likeness (QED) is 0.554. The Morgan fingerprint density at radius 3 is 2.03 bits per heavy atom. The largest absolute Gasteiger partial charge is 0.480 e. The van der Waals surface area contributed by atoms with Crippen LogP contribution in [0.25, 0.3) is 11.1 Å². The predicted octanol–water partition coefficient (Wildman–Crippen LogP) is 2.43. The molecule has 0 bridgehead atoms. The van der Waals surface area contributed by atoms with Crippen molar-refractivity contribution in [1.82, 2.24) is 15.5 Å². The summed E-state index contributed by atoms with van der Waals surface area (Å²) in [4.78, 5) is 38.1. The molecule has 0 aliphatic heterocycles. The zero-order chi connectivity index (χ0) is 23.3. The van der Waals surface area contributed by atoms with E-state index in [4.69, 9.17) is 4.74 Å². The highest BCUT2D eigenvalue weighted by atomic mass is 16.5. The van der Waals surface area contributed by atoms with Crippen molar-refractivity contribution in [1.29, 1.82) is 0 Å². The number of carbonyl (C=O) groups is 3. The van der Waals surface area contributed by atoms with Crippen LogP contribution in [0, 0.1) is 0 Å². The summed E-state index contributed by atoms with van der Waals surface area (Å²) in [6.07, 6.45) is -0.419. The summed E-state index contributed by atoms with van der Waals surface area (Å²) in [6, 6.07) is 14.1. The van der Waals surface area contributed by atoms with E-state index in [9.17, 15) is 19.5 Å². The third kappa shape index (κ3) is 5.26. The van der Waals surface area contributed by atoms with Crippen LogP contribution in [-0.2, 0) is 14.3 Å². The van der Waals surface area contributed by atoms with E-state index >= 15 is 0 Å². The minimum Gasteiger partial charge on any atom is -0.480 e. The zero-order valence-electron chi connectivity index (χ0n) is 18.5. The maximum Gasteiger partial charge on any atom is 0.407 e. The molecule has 3 N–H and O–H groups in total. The number of rotatable bonds is 9. The molecular weight excluding hydrogens is 410 g/mol. The molecule has 0 heterocycles. The van der Waals surface area contributed by atoms with Crippen molar-refractivity contribution in [2.75, 3.05) is 27.2 Å². The van der Waals surface area contributed by atoms with Crippen LogP contribution < -0.4 is 10.6 Å². The molecule has 2 aromatic rings. The third-order valence-corrected chi connectivity index (χ3v) is 5.52. The minimum atomic E-state index is -1.14. The summed E-state index contributed by atoms with van der Waals surface area (Å²) < 4.78 is 5.48. The molecule has 2 atom stereocenters. The second-order valence-electron chi connectivity index (χ2n) is 8.09. The summed E-state index contributed by atoms with van der Waals surface area (Å²) in [5.41, 5.74) is 4.45. The summed E-state index contributed by atoms with van der Waals surface area (Å²) >= 11 is 0. The average Bonchev–Trinajstić information content (AvgIpc) is 3.09. The van der Waals surface area contributed by atoms with Gasteiger partial charge in [-0.1, -0.05) is 55.5 Å². The first-order valence-corrected chi connectivity index (χ1v) is 10.6. The molecule has 3 rings (SSSR count). The van der Waals surface area contributed by atoms with Crippen LogP contribution in [0.5, 0.6) is 0 Å². The molecule has 0 fully saturated rings. The van der Waals surface area contributed by atoms with Gasteiger partial charge in [0.05, 0.1) is 0 Å². The van der Waals surface area contributed by atoms with Crippen molar-refractivity contribution in [2.24, 2.45) is 0 Å². The summed E-state index contributed by atoms with van der Waals surface area (Å²) in [5.74, 6) is -1.78. The van der Waals surface area contributed by atoms with Crippen LogP contribution in [0.4, 0.5) is 4.79 Å². The van der Waals surface area contributed by atoms with Gasteiger partial charge in [0.1, 0.15) is 18.7 Å². The number of aliphatic carboxylic acids is 1. The van der Waals surface area contributed by atoms with Crippen LogP contribution >= 0.6 is 0 Å². The third-order valence-electron chi connectivity index (χ3n) is 5.52. The van der Waals surface area contributed by atoms with Crippen LogP contribution in [0.3, 0.4) is 0 Å². The first kappa shape index (κ1) is 23.3. The smallest absolute Gasteiger partial charge is 0.407 e. The van der Waals surface area contributed by atoms with Gasteiger partial charge < -0.3 is 25.4 Å². The number of hydrogen-bond acceptors (Lipinski definition) is 5. The molecular formula is C24H29N3O5. The predicted molar refractivity (Wildman–Crippen MR) is 120 cm³/mol. The lowest BCUT2D eigenvalue weighted by molar-refractivity contribution is -0.142. The Morgan fingerprint density at radius 2 is 1.53 bits per heavy atom. The van der Waals surface area contributed by atoms with E-state index in [0.29, 0.717) is 6.42 Å². The first-order valence-electron chi connectivity index (χ1n) is 10.6. The van der Waals surface area contributed by atoms with Crippen LogP contribution in [0.2, 0.25) is 0 Å². The normalized spacial score (nSPS) is 14.2. The molecule has 8 heteroatoms. The molecule has 0 spiro atoms. The molecule has 32 heavy (non-hydrogen) atoms. The standard InChI is InChI=1S/C24H29N3O5/c1-4-20(22(28)25-21(23(29)30)13-27(2)3)26-24(31)32-14-19-17-11-7-5-9-15(17)16-10-6-8-12-18(16)19/h5-12,19-21H,4,13-14H2,1-3H3,(H,25,28)(H,26,31)(H,29,30). The number of carbonyl (C=O) groups excluding carboxylic acids is 2. The van der Waals surface area contributed by atoms with Gasteiger partial charge in [0, 0.05) is 12.5 Å². The monoisotopic (exact) mass is 439 g/mol. The number of benzene rings is 2. The molecule has 0 saturated heterocycles. The lowest BCUT2D eigenvalue weighted by Gasteiger charge is -2.22. The highest BCUT2D eigenvalue weighted by Gasteiger charge is 2.30. The first-order chi connectivity index (χ1) is 15.3. The second kappa shape index (κ2) is 10.3. The number of fused-ring (bicyclic) bond motifs is 3. The van der Waals surface area contributed by atoms with Gasteiger partial charge in [-0.3, -0.25) is 4.79 Å². The van der Waals surface area contributed by atoms with Gasteiger partial charge in [0.2, 0.25) is 5.91 Å². The molecule has 2 amide bonds. The van der Waals surface area contributed by atoms with Crippen LogP contribution in [-0.4, -0.2) is 67.3 Å². The average molecular weight is 440 g/mol. The van der Waals surface area contributed by atoms with Gasteiger partial charge in [-0.2, -0.15) is 0 Å². The lowest BCUT2D eigenvalue weighted by atomic mass is 9.98. The fourth-order valence-electron chi connectivity index (χ4n) is 3.96. The zero-order valence-corrected chi connectivity index (χ0v) is 18.5. The van der Waals surface area contributed by atoms with E-state index < -0.39 is 30.1 Å². The molecule has 1 aliphatic rings. The SMILES string of the molecule is CCC(NC(=O)OCC1c2ccccc2-c2ccccc21)C(=O)NC(CN(C)C)C(=O)O. The number of ether oxygens (including phenoxy) is 1. The number of amides is 2. The van der Waals surface area contributed by atoms with Gasteiger partial charge in [-0.15, -0.1) is 0 Å². The highest BCUT2D eigenvalue weighted by Crippen LogP contribution is 2.44. The Labute approximate surface area is 187 Å². The molecule has 8 nitrogen and oxygen atoms in total. The summed E-state index contributed by atoms with van der Waals surface area (Å²) in [5, 5.41) is 14.4. The number of carboxylic acid groups (broad SMARTS) is 1. The van der Waals surface area contributed by atoms with Gasteiger partial charge in [-0.25, -0.2) is 9.59 Å². The Bertz CT molecular complexity index is 946. The highest BCUT2D eigenvalue weighted by molar-refractivity contribution is 5.89. The Morgan fingerprint density at radius 1 is 0.969 bits per heavy atom. The van der Waals surface area contributed by atoms with E-state index in [2.05, 4.69) is 22.8 Å². The van der Waals surface area contributed by atoms with Crippen LogP contribution in [0.15, 0.2) is 48.5 Å². The number of nitrogens with zero attached hydrogens (tertiary/aromatic N) is 1. The molecule has 170 valence electrons. The van der Waals surface area contributed by atoms with E-state index in [-0.39, 0.29) is 19.1 Å². The van der Waals surface area contributed by atoms with E-state index in [1.54, 1.807) is 25.9 Å². The number of likely N-dealkylation sites (N-methyl/N-ethyl adjacent to an activating group) is 1. The number of hydrogen-bond donors (Lipinski definition) is 3. The summed E-state index contributed by atoms with van der Waals surface area (Å²) in [6.45, 7) is 2.01. The Hall–Kier alpha value is -3.39. The van der Waals surface area contributed by atoms with E-state index in [0.717, 1.165) is 22.3 Å². The van der Waals surface area contributed by atoms with E-state index in [1.807, 2.05) is 36.4 Å². The minimum absolute atomic E-state index is 0.0847. The van der Waals surface area contributed by atoms with Crippen molar-refractivity contribution in [3.63, 3.8) is 0 Å². The topological polar surface area (TPSA) is 108 Å². The molecule has 0 radical (unpaired) electrons. The van der Waals surface area contributed by atoms with Crippen molar-refractivity contribution in [3.8, 4) is 11.1 Å². The van der Waals surface area contributed by atoms with Crippen molar-refractivity contribution in [3.05, 3.63) is 59.7 Å². The fourth-order valence-corrected chi connectivity index (χ4v) is 3.96. The number of carboxylic acids is 1. The van der Waals surface area contributed by atoms with Gasteiger partial charge in [0.15, 0.2) is 0 Å². The van der Waals surface area contributed by atoms with E-state index in [1.165, 1.54) is 0 Å².